The van der Waals surface area contributed by atoms with Crippen LogP contribution in [0.4, 0.5) is 11.4 Å². The Morgan fingerprint density at radius 3 is 2.81 bits per heavy atom. The fraction of sp³-hybridized carbons (Fsp3) is 0.533. The van der Waals surface area contributed by atoms with E-state index in [1.807, 2.05) is 0 Å². The van der Waals surface area contributed by atoms with Gasteiger partial charge in [0.05, 0.1) is 4.92 Å². The quantitative estimate of drug-likeness (QED) is 0.506. The third-order valence-electron chi connectivity index (χ3n) is 4.21. The van der Waals surface area contributed by atoms with Crippen LogP contribution in [0.2, 0.25) is 0 Å². The number of benzene rings is 1. The van der Waals surface area contributed by atoms with Crippen LogP contribution in [0.5, 0.6) is 0 Å². The largest absolute Gasteiger partial charge is 0.399 e. The molecule has 1 aliphatic carbocycles. The summed E-state index contributed by atoms with van der Waals surface area (Å²) in [6, 6.07) is 4.18. The Bertz CT molecular complexity index is 545. The number of rotatable bonds is 4. The van der Waals surface area contributed by atoms with E-state index in [-0.39, 0.29) is 17.3 Å². The van der Waals surface area contributed by atoms with Gasteiger partial charge in [-0.3, -0.25) is 14.9 Å². The van der Waals surface area contributed by atoms with Gasteiger partial charge < -0.3 is 11.1 Å². The molecule has 2 rings (SSSR count). The average molecular weight is 291 g/mol. The number of nitrogens with one attached hydrogen (secondary N) is 1. The molecule has 114 valence electrons. The Balaban J connectivity index is 2.19. The number of nitro benzene ring substituents is 1. The number of nitro groups is 1. The molecule has 3 N–H and O–H groups in total. The van der Waals surface area contributed by atoms with Crippen molar-refractivity contribution >= 4 is 17.3 Å². The van der Waals surface area contributed by atoms with E-state index < -0.39 is 10.8 Å². The van der Waals surface area contributed by atoms with Crippen LogP contribution < -0.4 is 11.1 Å². The molecule has 21 heavy (non-hydrogen) atoms. The standard InChI is InChI=1S/C15H21N3O3/c1-2-10-5-3-4-6-13(10)17-15(19)12-9-11(16)7-8-14(12)18(20)21/h7-10,13H,2-6,16H2,1H3,(H,17,19). The van der Waals surface area contributed by atoms with Crippen molar-refractivity contribution in [2.45, 2.75) is 45.1 Å². The number of carbonyl (C=O) groups excluding carboxylic acids is 1. The van der Waals surface area contributed by atoms with Crippen LogP contribution in [0.25, 0.3) is 0 Å². The van der Waals surface area contributed by atoms with Crippen LogP contribution in [0.3, 0.4) is 0 Å². The van der Waals surface area contributed by atoms with E-state index in [4.69, 9.17) is 5.73 Å². The molecular formula is C15H21N3O3. The minimum atomic E-state index is -0.549. The highest BCUT2D eigenvalue weighted by molar-refractivity contribution is 5.99. The number of hydrogen-bond donors (Lipinski definition) is 2. The lowest BCUT2D eigenvalue weighted by Crippen LogP contribution is -2.42. The summed E-state index contributed by atoms with van der Waals surface area (Å²) in [6.07, 6.45) is 5.30. The van der Waals surface area contributed by atoms with Crippen LogP contribution in [0, 0.1) is 16.0 Å². The molecular weight excluding hydrogens is 270 g/mol. The first kappa shape index (κ1) is 15.3. The Hall–Kier alpha value is -2.11. The molecule has 0 heterocycles. The predicted octanol–water partition coefficient (Wildman–Crippen LogP) is 2.88. The van der Waals surface area contributed by atoms with Gasteiger partial charge in [-0.25, -0.2) is 0 Å². The molecule has 1 amide bonds. The van der Waals surface area contributed by atoms with Gasteiger partial charge in [0.2, 0.25) is 0 Å². The SMILES string of the molecule is CCC1CCCCC1NC(=O)c1cc(N)ccc1[N+](=O)[O-]. The molecule has 0 aliphatic heterocycles. The van der Waals surface area contributed by atoms with Crippen molar-refractivity contribution in [2.75, 3.05) is 5.73 Å². The van der Waals surface area contributed by atoms with Crippen molar-refractivity contribution in [1.29, 1.82) is 0 Å². The molecule has 1 aliphatic rings. The van der Waals surface area contributed by atoms with E-state index >= 15 is 0 Å². The van der Waals surface area contributed by atoms with Gasteiger partial charge in [-0.15, -0.1) is 0 Å². The predicted molar refractivity (Wildman–Crippen MR) is 81.0 cm³/mol. The van der Waals surface area contributed by atoms with Crippen LogP contribution in [-0.4, -0.2) is 16.9 Å². The summed E-state index contributed by atoms with van der Waals surface area (Å²) in [4.78, 5) is 22.9. The van der Waals surface area contributed by atoms with Crippen molar-refractivity contribution in [3.8, 4) is 0 Å². The molecule has 2 atom stereocenters. The summed E-state index contributed by atoms with van der Waals surface area (Å²) in [5.74, 6) is 0.0437. The van der Waals surface area contributed by atoms with E-state index in [0.29, 0.717) is 11.6 Å². The fourth-order valence-electron chi connectivity index (χ4n) is 3.03. The Kier molecular flexibility index (Phi) is 4.77. The van der Waals surface area contributed by atoms with Gasteiger partial charge >= 0.3 is 0 Å². The number of amides is 1. The molecule has 0 saturated heterocycles. The molecule has 0 radical (unpaired) electrons. The second kappa shape index (κ2) is 6.56. The fourth-order valence-corrected chi connectivity index (χ4v) is 3.03. The third-order valence-corrected chi connectivity index (χ3v) is 4.21. The molecule has 1 aromatic rings. The third kappa shape index (κ3) is 3.51. The van der Waals surface area contributed by atoms with Crippen molar-refractivity contribution < 1.29 is 9.72 Å². The smallest absolute Gasteiger partial charge is 0.282 e. The zero-order valence-corrected chi connectivity index (χ0v) is 12.2. The molecule has 2 unspecified atom stereocenters. The van der Waals surface area contributed by atoms with E-state index in [1.54, 1.807) is 0 Å². The minimum Gasteiger partial charge on any atom is -0.399 e. The molecule has 6 heteroatoms. The molecule has 1 aromatic carbocycles. The van der Waals surface area contributed by atoms with Crippen LogP contribution >= 0.6 is 0 Å². The summed E-state index contributed by atoms with van der Waals surface area (Å²) < 4.78 is 0. The summed E-state index contributed by atoms with van der Waals surface area (Å²) in [7, 11) is 0. The average Bonchev–Trinajstić information content (AvgIpc) is 2.47. The number of carbonyl (C=O) groups is 1. The van der Waals surface area contributed by atoms with E-state index in [2.05, 4.69) is 12.2 Å². The maximum absolute atomic E-state index is 12.4. The number of nitrogen functional groups attached to an aromatic ring is 1. The Morgan fingerprint density at radius 1 is 1.43 bits per heavy atom. The summed E-state index contributed by atoms with van der Waals surface area (Å²) in [5.41, 5.74) is 5.84. The van der Waals surface area contributed by atoms with E-state index in [1.165, 1.54) is 24.6 Å². The first-order chi connectivity index (χ1) is 10.0. The first-order valence-electron chi connectivity index (χ1n) is 7.37. The maximum atomic E-state index is 12.4. The van der Waals surface area contributed by atoms with Gasteiger partial charge in [0.25, 0.3) is 11.6 Å². The number of hydrogen-bond acceptors (Lipinski definition) is 4. The van der Waals surface area contributed by atoms with Gasteiger partial charge in [0.15, 0.2) is 0 Å². The number of nitrogens with two attached hydrogens (primary N) is 1. The van der Waals surface area contributed by atoms with Crippen LogP contribution in [-0.2, 0) is 0 Å². The zero-order chi connectivity index (χ0) is 15.4. The van der Waals surface area contributed by atoms with Crippen molar-refractivity contribution in [2.24, 2.45) is 5.92 Å². The first-order valence-corrected chi connectivity index (χ1v) is 7.37. The lowest BCUT2D eigenvalue weighted by atomic mass is 9.83. The Morgan fingerprint density at radius 2 is 2.14 bits per heavy atom. The molecule has 1 saturated carbocycles. The lowest BCUT2D eigenvalue weighted by Gasteiger charge is -2.31. The van der Waals surface area contributed by atoms with Gasteiger partial charge in [0, 0.05) is 17.8 Å². The molecule has 0 bridgehead atoms. The zero-order valence-electron chi connectivity index (χ0n) is 12.2. The van der Waals surface area contributed by atoms with Gasteiger partial charge in [-0.2, -0.15) is 0 Å². The normalized spacial score (nSPS) is 21.8. The topological polar surface area (TPSA) is 98.3 Å². The monoisotopic (exact) mass is 291 g/mol. The molecule has 1 fully saturated rings. The number of nitrogens with zero attached hydrogens (tertiary/aromatic N) is 1. The second-order valence-corrected chi connectivity index (χ2v) is 5.57. The number of anilines is 1. The summed E-state index contributed by atoms with van der Waals surface area (Å²) in [5, 5.41) is 14.0. The van der Waals surface area contributed by atoms with Crippen LogP contribution in [0.1, 0.15) is 49.4 Å². The molecule has 6 nitrogen and oxygen atoms in total. The highest BCUT2D eigenvalue weighted by atomic mass is 16.6. The van der Waals surface area contributed by atoms with Crippen molar-refractivity contribution in [3.05, 3.63) is 33.9 Å². The van der Waals surface area contributed by atoms with Gasteiger partial charge in [0.1, 0.15) is 5.56 Å². The van der Waals surface area contributed by atoms with Crippen molar-refractivity contribution in [1.82, 2.24) is 5.32 Å². The van der Waals surface area contributed by atoms with Gasteiger partial charge in [-0.05, 0) is 30.9 Å². The highest BCUT2D eigenvalue weighted by Crippen LogP contribution is 2.28. The minimum absolute atomic E-state index is 0.0421. The lowest BCUT2D eigenvalue weighted by molar-refractivity contribution is -0.385. The summed E-state index contributed by atoms with van der Waals surface area (Å²) >= 11 is 0. The summed E-state index contributed by atoms with van der Waals surface area (Å²) in [6.45, 7) is 2.11. The Labute approximate surface area is 123 Å². The van der Waals surface area contributed by atoms with Crippen LogP contribution in [0.15, 0.2) is 18.2 Å². The molecule has 0 aromatic heterocycles. The highest BCUT2D eigenvalue weighted by Gasteiger charge is 2.28. The molecule has 0 spiro atoms. The second-order valence-electron chi connectivity index (χ2n) is 5.57. The van der Waals surface area contributed by atoms with E-state index in [0.717, 1.165) is 25.7 Å². The van der Waals surface area contributed by atoms with E-state index in [9.17, 15) is 14.9 Å². The maximum Gasteiger partial charge on any atom is 0.282 e. The van der Waals surface area contributed by atoms with Gasteiger partial charge in [-0.1, -0.05) is 26.2 Å². The van der Waals surface area contributed by atoms with Crippen molar-refractivity contribution in [3.63, 3.8) is 0 Å².